The zero-order valence-corrected chi connectivity index (χ0v) is 9.51. The molecule has 0 bridgehead atoms. The Balaban J connectivity index is 2.38. The van der Waals surface area contributed by atoms with E-state index in [1.807, 2.05) is 19.9 Å². The fourth-order valence-corrected chi connectivity index (χ4v) is 1.21. The summed E-state index contributed by atoms with van der Waals surface area (Å²) >= 11 is 0. The van der Waals surface area contributed by atoms with Crippen LogP contribution in [0.15, 0.2) is 24.3 Å². The van der Waals surface area contributed by atoms with E-state index in [0.29, 0.717) is 0 Å². The van der Waals surface area contributed by atoms with Gasteiger partial charge in [-0.2, -0.15) is 0 Å². The molecule has 3 heteroatoms. The average molecular weight is 211 g/mol. The second-order valence-corrected chi connectivity index (χ2v) is 4.15. The van der Waals surface area contributed by atoms with Crippen LogP contribution >= 0.6 is 0 Å². The van der Waals surface area contributed by atoms with Crippen molar-refractivity contribution in [3.63, 3.8) is 0 Å². The SMILES string of the molecule is COC(C)(C)CCNc1cccc(F)c1. The van der Waals surface area contributed by atoms with Crippen LogP contribution < -0.4 is 5.32 Å². The first-order valence-corrected chi connectivity index (χ1v) is 5.08. The number of hydrogen-bond donors (Lipinski definition) is 1. The number of nitrogens with one attached hydrogen (secondary N) is 1. The summed E-state index contributed by atoms with van der Waals surface area (Å²) in [5.41, 5.74) is 0.669. The van der Waals surface area contributed by atoms with Crippen LogP contribution in [0.4, 0.5) is 10.1 Å². The van der Waals surface area contributed by atoms with Gasteiger partial charge in [-0.3, -0.25) is 0 Å². The summed E-state index contributed by atoms with van der Waals surface area (Å²) in [7, 11) is 1.70. The summed E-state index contributed by atoms with van der Waals surface area (Å²) in [6.07, 6.45) is 0.875. The van der Waals surface area contributed by atoms with Crippen LogP contribution in [-0.4, -0.2) is 19.3 Å². The molecule has 1 rings (SSSR count). The second-order valence-electron chi connectivity index (χ2n) is 4.15. The molecule has 84 valence electrons. The maximum absolute atomic E-state index is 12.8. The zero-order valence-electron chi connectivity index (χ0n) is 9.51. The Morgan fingerprint density at radius 2 is 2.13 bits per heavy atom. The number of rotatable bonds is 5. The standard InChI is InChI=1S/C12H18FNO/c1-12(2,15-3)7-8-14-11-6-4-5-10(13)9-11/h4-6,9,14H,7-8H2,1-3H3. The van der Waals surface area contributed by atoms with Gasteiger partial charge >= 0.3 is 0 Å². The van der Waals surface area contributed by atoms with Gasteiger partial charge in [0, 0.05) is 19.3 Å². The van der Waals surface area contributed by atoms with E-state index in [9.17, 15) is 4.39 Å². The first-order valence-electron chi connectivity index (χ1n) is 5.08. The zero-order chi connectivity index (χ0) is 11.3. The smallest absolute Gasteiger partial charge is 0.125 e. The quantitative estimate of drug-likeness (QED) is 0.808. The third kappa shape index (κ3) is 4.30. The summed E-state index contributed by atoms with van der Waals surface area (Å²) in [5.74, 6) is -0.217. The van der Waals surface area contributed by atoms with Gasteiger partial charge in [0.25, 0.3) is 0 Å². The summed E-state index contributed by atoms with van der Waals surface area (Å²) in [5, 5.41) is 3.16. The molecule has 1 aromatic carbocycles. The van der Waals surface area contributed by atoms with Crippen molar-refractivity contribution in [1.29, 1.82) is 0 Å². The van der Waals surface area contributed by atoms with Gasteiger partial charge in [-0.15, -0.1) is 0 Å². The maximum Gasteiger partial charge on any atom is 0.125 e. The molecule has 1 N–H and O–H groups in total. The van der Waals surface area contributed by atoms with Crippen LogP contribution in [0.25, 0.3) is 0 Å². The molecule has 0 radical (unpaired) electrons. The van der Waals surface area contributed by atoms with E-state index < -0.39 is 0 Å². The van der Waals surface area contributed by atoms with E-state index >= 15 is 0 Å². The second kappa shape index (κ2) is 5.12. The van der Waals surface area contributed by atoms with Crippen LogP contribution in [0.5, 0.6) is 0 Å². The number of hydrogen-bond acceptors (Lipinski definition) is 2. The highest BCUT2D eigenvalue weighted by atomic mass is 19.1. The lowest BCUT2D eigenvalue weighted by Gasteiger charge is -2.23. The van der Waals surface area contributed by atoms with E-state index in [1.54, 1.807) is 13.2 Å². The Morgan fingerprint density at radius 3 is 2.73 bits per heavy atom. The summed E-state index contributed by atoms with van der Waals surface area (Å²) < 4.78 is 18.1. The molecule has 0 unspecified atom stereocenters. The van der Waals surface area contributed by atoms with Crippen molar-refractivity contribution < 1.29 is 9.13 Å². The Kier molecular flexibility index (Phi) is 4.09. The van der Waals surface area contributed by atoms with Crippen LogP contribution in [0.1, 0.15) is 20.3 Å². The molecule has 0 aliphatic carbocycles. The molecule has 0 aliphatic heterocycles. The molecular formula is C12H18FNO. The summed E-state index contributed by atoms with van der Waals surface area (Å²) in [6.45, 7) is 4.82. The molecule has 15 heavy (non-hydrogen) atoms. The van der Waals surface area contributed by atoms with E-state index in [1.165, 1.54) is 12.1 Å². The molecule has 0 aromatic heterocycles. The lowest BCUT2D eigenvalue weighted by Crippen LogP contribution is -2.25. The van der Waals surface area contributed by atoms with Crippen molar-refractivity contribution in [2.45, 2.75) is 25.9 Å². The fraction of sp³-hybridized carbons (Fsp3) is 0.500. The van der Waals surface area contributed by atoms with Crippen LogP contribution in [0.3, 0.4) is 0 Å². The first kappa shape index (κ1) is 12.0. The van der Waals surface area contributed by atoms with Gasteiger partial charge in [0.15, 0.2) is 0 Å². The number of ether oxygens (including phenoxy) is 1. The van der Waals surface area contributed by atoms with Crippen LogP contribution in [0.2, 0.25) is 0 Å². The molecule has 2 nitrogen and oxygen atoms in total. The monoisotopic (exact) mass is 211 g/mol. The molecule has 0 spiro atoms. The van der Waals surface area contributed by atoms with Gasteiger partial charge in [-0.05, 0) is 38.5 Å². The van der Waals surface area contributed by atoms with Gasteiger partial charge in [-0.1, -0.05) is 6.07 Å². The number of anilines is 1. The van der Waals surface area contributed by atoms with Gasteiger partial charge < -0.3 is 10.1 Å². The van der Waals surface area contributed by atoms with Crippen molar-refractivity contribution in [3.8, 4) is 0 Å². The van der Waals surface area contributed by atoms with Gasteiger partial charge in [0.1, 0.15) is 5.82 Å². The normalized spacial score (nSPS) is 11.5. The van der Waals surface area contributed by atoms with Crippen molar-refractivity contribution in [3.05, 3.63) is 30.1 Å². The predicted molar refractivity (Wildman–Crippen MR) is 60.6 cm³/mol. The minimum Gasteiger partial charge on any atom is -0.385 e. The fourth-order valence-electron chi connectivity index (χ4n) is 1.21. The Labute approximate surface area is 90.4 Å². The molecule has 0 saturated carbocycles. The third-order valence-corrected chi connectivity index (χ3v) is 2.43. The van der Waals surface area contributed by atoms with Crippen molar-refractivity contribution in [2.24, 2.45) is 0 Å². The van der Waals surface area contributed by atoms with Crippen LogP contribution in [0, 0.1) is 5.82 Å². The number of halogens is 1. The number of methoxy groups -OCH3 is 1. The Hall–Kier alpha value is -1.09. The van der Waals surface area contributed by atoms with Crippen molar-refractivity contribution in [1.82, 2.24) is 0 Å². The molecule has 0 heterocycles. The van der Waals surface area contributed by atoms with Crippen LogP contribution in [-0.2, 0) is 4.74 Å². The lowest BCUT2D eigenvalue weighted by molar-refractivity contribution is 0.0185. The van der Waals surface area contributed by atoms with Gasteiger partial charge in [0.2, 0.25) is 0 Å². The molecule has 0 fully saturated rings. The minimum atomic E-state index is -0.217. The van der Waals surface area contributed by atoms with E-state index in [0.717, 1.165) is 18.7 Å². The summed E-state index contributed by atoms with van der Waals surface area (Å²) in [4.78, 5) is 0. The van der Waals surface area contributed by atoms with Gasteiger partial charge in [0.05, 0.1) is 5.60 Å². The highest BCUT2D eigenvalue weighted by Gasteiger charge is 2.14. The first-order chi connectivity index (χ1) is 7.03. The molecule has 0 saturated heterocycles. The lowest BCUT2D eigenvalue weighted by atomic mass is 10.1. The Bertz CT molecular complexity index is 312. The average Bonchev–Trinajstić information content (AvgIpc) is 2.18. The van der Waals surface area contributed by atoms with Crippen molar-refractivity contribution in [2.75, 3.05) is 19.0 Å². The Morgan fingerprint density at radius 1 is 1.40 bits per heavy atom. The minimum absolute atomic E-state index is 0.139. The predicted octanol–water partition coefficient (Wildman–Crippen LogP) is 3.05. The van der Waals surface area contributed by atoms with E-state index in [4.69, 9.17) is 4.74 Å². The topological polar surface area (TPSA) is 21.3 Å². The van der Waals surface area contributed by atoms with Gasteiger partial charge in [-0.25, -0.2) is 4.39 Å². The molecule has 0 aliphatic rings. The van der Waals surface area contributed by atoms with E-state index in [2.05, 4.69) is 5.32 Å². The number of benzene rings is 1. The summed E-state index contributed by atoms with van der Waals surface area (Å²) in [6, 6.07) is 6.46. The highest BCUT2D eigenvalue weighted by Crippen LogP contribution is 2.14. The third-order valence-electron chi connectivity index (χ3n) is 2.43. The molecule has 0 atom stereocenters. The molecular weight excluding hydrogens is 193 g/mol. The van der Waals surface area contributed by atoms with E-state index in [-0.39, 0.29) is 11.4 Å². The van der Waals surface area contributed by atoms with Crippen molar-refractivity contribution >= 4 is 5.69 Å². The largest absolute Gasteiger partial charge is 0.385 e. The molecule has 1 aromatic rings. The highest BCUT2D eigenvalue weighted by molar-refractivity contribution is 5.42. The maximum atomic E-state index is 12.8. The molecule has 0 amide bonds.